The number of nitrogens with one attached hydrogen (secondary N) is 1. The minimum atomic E-state index is -1.20. The average Bonchev–Trinajstić information content (AvgIpc) is 2.44. The van der Waals surface area contributed by atoms with Crippen LogP contribution in [0.2, 0.25) is 0 Å². The van der Waals surface area contributed by atoms with Gasteiger partial charge < -0.3 is 15.2 Å². The maximum atomic E-state index is 11.8. The highest BCUT2D eigenvalue weighted by Gasteiger charge is 2.32. The largest absolute Gasteiger partial charge is 0.477 e. The van der Waals surface area contributed by atoms with Gasteiger partial charge in [-0.3, -0.25) is 4.79 Å². The molecule has 2 rings (SSSR count). The van der Waals surface area contributed by atoms with E-state index in [9.17, 15) is 14.4 Å². The quantitative estimate of drug-likeness (QED) is 0.788. The predicted octanol–water partition coefficient (Wildman–Crippen LogP) is 0.861. The highest BCUT2D eigenvalue weighted by molar-refractivity contribution is 6.17. The number of carboxylic acids is 1. The fourth-order valence-electron chi connectivity index (χ4n) is 1.65. The Morgan fingerprint density at radius 1 is 1.55 bits per heavy atom. The molecule has 0 saturated heterocycles. The molecule has 0 fully saturated rings. The molecule has 1 aliphatic rings. The fourth-order valence-corrected chi connectivity index (χ4v) is 1.65. The van der Waals surface area contributed by atoms with Gasteiger partial charge >= 0.3 is 12.1 Å². The van der Waals surface area contributed by atoms with Crippen LogP contribution >= 0.6 is 0 Å². The van der Waals surface area contributed by atoms with Crippen LogP contribution < -0.4 is 10.2 Å². The number of carbonyl (C=O) groups is 3. The first-order chi connectivity index (χ1) is 9.54. The van der Waals surface area contributed by atoms with E-state index in [4.69, 9.17) is 9.84 Å². The van der Waals surface area contributed by atoms with Gasteiger partial charge in [0.05, 0.1) is 12.2 Å². The molecule has 0 spiro atoms. The van der Waals surface area contributed by atoms with Crippen LogP contribution in [0.25, 0.3) is 0 Å². The summed E-state index contributed by atoms with van der Waals surface area (Å²) in [6.45, 7) is 3.19. The molecule has 1 aromatic rings. The van der Waals surface area contributed by atoms with Crippen LogP contribution in [-0.4, -0.2) is 41.2 Å². The van der Waals surface area contributed by atoms with Gasteiger partial charge in [-0.05, 0) is 12.1 Å². The molecule has 0 aromatic carbocycles. The topological polar surface area (TPSA) is 109 Å². The van der Waals surface area contributed by atoms with Crippen molar-refractivity contribution in [2.24, 2.45) is 0 Å². The summed E-state index contributed by atoms with van der Waals surface area (Å²) in [6.07, 6.45) is 0.514. The number of fused-ring (bicyclic) bond motifs is 1. The van der Waals surface area contributed by atoms with Crippen LogP contribution in [0, 0.1) is 0 Å². The van der Waals surface area contributed by atoms with Gasteiger partial charge in [0.2, 0.25) is 0 Å². The fraction of sp³-hybridized carbons (Fsp3) is 0.167. The summed E-state index contributed by atoms with van der Waals surface area (Å²) in [4.78, 5) is 39.1. The monoisotopic (exact) mass is 277 g/mol. The second-order valence-electron chi connectivity index (χ2n) is 3.82. The molecule has 1 aliphatic heterocycles. The Balaban J connectivity index is 2.36. The Morgan fingerprint density at radius 3 is 2.95 bits per heavy atom. The van der Waals surface area contributed by atoms with Crippen molar-refractivity contribution in [3.8, 4) is 0 Å². The van der Waals surface area contributed by atoms with Crippen molar-refractivity contribution in [1.82, 2.24) is 4.98 Å². The smallest absolute Gasteiger partial charge is 0.421 e. The number of ether oxygens (including phenoxy) is 1. The van der Waals surface area contributed by atoms with E-state index in [1.54, 1.807) is 0 Å². The molecule has 2 N–H and O–H groups in total. The molecule has 2 amide bonds. The summed E-state index contributed by atoms with van der Waals surface area (Å²) in [7, 11) is 0. The van der Waals surface area contributed by atoms with E-state index in [1.165, 1.54) is 18.2 Å². The highest BCUT2D eigenvalue weighted by atomic mass is 16.6. The first-order valence-corrected chi connectivity index (χ1v) is 5.63. The lowest BCUT2D eigenvalue weighted by Crippen LogP contribution is -2.44. The molecule has 0 bridgehead atoms. The van der Waals surface area contributed by atoms with E-state index in [0.29, 0.717) is 0 Å². The molecular formula is C12H11N3O5. The summed E-state index contributed by atoms with van der Waals surface area (Å²) in [5, 5.41) is 11.5. The maximum absolute atomic E-state index is 11.8. The predicted molar refractivity (Wildman–Crippen MR) is 68.7 cm³/mol. The second-order valence-corrected chi connectivity index (χ2v) is 3.82. The molecular weight excluding hydrogens is 266 g/mol. The first kappa shape index (κ1) is 13.5. The van der Waals surface area contributed by atoms with E-state index in [0.717, 1.165) is 4.90 Å². The Hall–Kier alpha value is -2.90. The van der Waals surface area contributed by atoms with Crippen LogP contribution in [0.5, 0.6) is 0 Å². The molecule has 20 heavy (non-hydrogen) atoms. The van der Waals surface area contributed by atoms with E-state index >= 15 is 0 Å². The maximum Gasteiger partial charge on any atom is 0.421 e. The van der Waals surface area contributed by atoms with Gasteiger partial charge in [-0.1, -0.05) is 12.7 Å². The number of imide groups is 1. The van der Waals surface area contributed by atoms with Gasteiger partial charge in [0, 0.05) is 0 Å². The molecule has 0 atom stereocenters. The van der Waals surface area contributed by atoms with Crippen molar-refractivity contribution in [1.29, 1.82) is 0 Å². The second kappa shape index (κ2) is 5.39. The molecule has 0 aliphatic carbocycles. The molecule has 2 heterocycles. The van der Waals surface area contributed by atoms with Gasteiger partial charge in [0.15, 0.2) is 11.5 Å². The normalized spacial score (nSPS) is 13.2. The van der Waals surface area contributed by atoms with Crippen LogP contribution in [0.15, 0.2) is 24.8 Å². The number of aromatic nitrogens is 1. The lowest BCUT2D eigenvalue weighted by molar-refractivity contribution is -0.116. The first-order valence-electron chi connectivity index (χ1n) is 5.63. The van der Waals surface area contributed by atoms with Gasteiger partial charge in [-0.2, -0.15) is 0 Å². The number of carboxylic acid groups (broad SMARTS) is 1. The Labute approximate surface area is 113 Å². The number of pyridine rings is 1. The SMILES string of the molecule is C=CCOC(=O)N1C(=O)CNc2nc(C(=O)O)ccc21. The zero-order valence-corrected chi connectivity index (χ0v) is 10.3. The molecule has 104 valence electrons. The lowest BCUT2D eigenvalue weighted by Gasteiger charge is -2.26. The van der Waals surface area contributed by atoms with E-state index < -0.39 is 18.0 Å². The van der Waals surface area contributed by atoms with Crippen LogP contribution in [0.4, 0.5) is 16.3 Å². The van der Waals surface area contributed by atoms with Crippen molar-refractivity contribution in [3.05, 3.63) is 30.5 Å². The van der Waals surface area contributed by atoms with Crippen molar-refractivity contribution >= 4 is 29.5 Å². The molecule has 0 saturated carbocycles. The zero-order valence-electron chi connectivity index (χ0n) is 10.3. The van der Waals surface area contributed by atoms with Crippen molar-refractivity contribution in [2.45, 2.75) is 0 Å². The summed E-state index contributed by atoms with van der Waals surface area (Å²) < 4.78 is 4.81. The van der Waals surface area contributed by atoms with Crippen LogP contribution in [0.1, 0.15) is 10.5 Å². The van der Waals surface area contributed by atoms with Gasteiger partial charge in [0.1, 0.15) is 6.61 Å². The highest BCUT2D eigenvalue weighted by Crippen LogP contribution is 2.28. The Bertz CT molecular complexity index is 599. The third kappa shape index (κ3) is 2.44. The number of carbonyl (C=O) groups excluding carboxylic acids is 2. The Morgan fingerprint density at radius 2 is 2.30 bits per heavy atom. The van der Waals surface area contributed by atoms with Crippen molar-refractivity contribution < 1.29 is 24.2 Å². The van der Waals surface area contributed by atoms with Gasteiger partial charge in [-0.15, -0.1) is 0 Å². The molecule has 0 unspecified atom stereocenters. The van der Waals surface area contributed by atoms with Gasteiger partial charge in [-0.25, -0.2) is 19.5 Å². The van der Waals surface area contributed by atoms with Gasteiger partial charge in [0.25, 0.3) is 5.91 Å². The number of anilines is 2. The summed E-state index contributed by atoms with van der Waals surface area (Å²) >= 11 is 0. The van der Waals surface area contributed by atoms with Crippen molar-refractivity contribution in [2.75, 3.05) is 23.4 Å². The van der Waals surface area contributed by atoms with E-state index in [-0.39, 0.29) is 30.4 Å². The molecule has 0 radical (unpaired) electrons. The number of nitrogens with zero attached hydrogens (tertiary/aromatic N) is 2. The number of rotatable bonds is 3. The lowest BCUT2D eigenvalue weighted by atomic mass is 10.2. The number of aromatic carboxylic acids is 1. The Kier molecular flexibility index (Phi) is 3.65. The van der Waals surface area contributed by atoms with Crippen LogP contribution in [-0.2, 0) is 9.53 Å². The summed E-state index contributed by atoms with van der Waals surface area (Å²) in [5.41, 5.74) is -0.0367. The van der Waals surface area contributed by atoms with E-state index in [1.807, 2.05) is 0 Å². The summed E-state index contributed by atoms with van der Waals surface area (Å²) in [6, 6.07) is 2.53. The van der Waals surface area contributed by atoms with Crippen LogP contribution in [0.3, 0.4) is 0 Å². The van der Waals surface area contributed by atoms with Crippen molar-refractivity contribution in [3.63, 3.8) is 0 Å². The minimum Gasteiger partial charge on any atom is -0.477 e. The van der Waals surface area contributed by atoms with E-state index in [2.05, 4.69) is 16.9 Å². The number of amides is 2. The average molecular weight is 277 g/mol. The number of hydrogen-bond acceptors (Lipinski definition) is 6. The summed E-state index contributed by atoms with van der Waals surface area (Å²) in [5.74, 6) is -1.58. The zero-order chi connectivity index (χ0) is 14.7. The standard InChI is InChI=1S/C12H11N3O5/c1-2-5-20-12(19)15-8-4-3-7(11(17)18)14-10(8)13-6-9(15)16/h2-4H,1,5-6H2,(H,13,14)(H,17,18). The third-order valence-electron chi connectivity index (χ3n) is 2.50. The molecule has 8 nitrogen and oxygen atoms in total. The minimum absolute atomic E-state index is 0.0357. The molecule has 1 aromatic heterocycles. The molecule has 8 heteroatoms. The third-order valence-corrected chi connectivity index (χ3v) is 2.50. The number of hydrogen-bond donors (Lipinski definition) is 2.